The van der Waals surface area contributed by atoms with Crippen LogP contribution in [0.2, 0.25) is 0 Å². The molecule has 0 saturated heterocycles. The Kier molecular flexibility index (Phi) is 4.32. The monoisotopic (exact) mass is 285 g/mol. The SMILES string of the molecule is CCN(C(C)C)S(=O)(=O)c1c[nH]c(CNC2CC2)c1. The molecule has 0 unspecified atom stereocenters. The van der Waals surface area contributed by atoms with Gasteiger partial charge in [0.15, 0.2) is 0 Å². The Morgan fingerprint density at radius 3 is 2.68 bits per heavy atom. The highest BCUT2D eigenvalue weighted by Crippen LogP contribution is 2.21. The molecule has 1 fully saturated rings. The smallest absolute Gasteiger partial charge is 0.244 e. The van der Waals surface area contributed by atoms with Crippen LogP contribution < -0.4 is 5.32 Å². The number of nitrogens with zero attached hydrogens (tertiary/aromatic N) is 1. The summed E-state index contributed by atoms with van der Waals surface area (Å²) in [5.41, 5.74) is 0.922. The molecule has 0 spiro atoms. The second-order valence-electron chi connectivity index (χ2n) is 5.32. The summed E-state index contributed by atoms with van der Waals surface area (Å²) < 4.78 is 26.4. The molecule has 108 valence electrons. The molecule has 1 aliphatic rings. The van der Waals surface area contributed by atoms with E-state index in [2.05, 4.69) is 10.3 Å². The Morgan fingerprint density at radius 2 is 2.16 bits per heavy atom. The largest absolute Gasteiger partial charge is 0.363 e. The van der Waals surface area contributed by atoms with Gasteiger partial charge in [-0.3, -0.25) is 0 Å². The molecule has 19 heavy (non-hydrogen) atoms. The van der Waals surface area contributed by atoms with Crippen LogP contribution in [0, 0.1) is 0 Å². The summed E-state index contributed by atoms with van der Waals surface area (Å²) in [6.45, 7) is 6.83. The van der Waals surface area contributed by atoms with Gasteiger partial charge in [0.1, 0.15) is 0 Å². The second kappa shape index (κ2) is 5.64. The third kappa shape index (κ3) is 3.38. The number of hydrogen-bond acceptors (Lipinski definition) is 3. The van der Waals surface area contributed by atoms with Crippen molar-refractivity contribution in [3.8, 4) is 0 Å². The molecule has 6 heteroatoms. The van der Waals surface area contributed by atoms with Crippen LogP contribution in [-0.2, 0) is 16.6 Å². The summed E-state index contributed by atoms with van der Waals surface area (Å²) in [5.74, 6) is 0. The number of aromatic amines is 1. The summed E-state index contributed by atoms with van der Waals surface area (Å²) in [7, 11) is -3.38. The van der Waals surface area contributed by atoms with Crippen molar-refractivity contribution in [2.45, 2.75) is 57.1 Å². The van der Waals surface area contributed by atoms with E-state index in [1.807, 2.05) is 20.8 Å². The van der Waals surface area contributed by atoms with Gasteiger partial charge in [-0.05, 0) is 32.8 Å². The molecule has 1 saturated carbocycles. The Morgan fingerprint density at radius 1 is 1.47 bits per heavy atom. The van der Waals surface area contributed by atoms with Crippen LogP contribution >= 0.6 is 0 Å². The molecule has 0 bridgehead atoms. The zero-order valence-electron chi connectivity index (χ0n) is 11.8. The summed E-state index contributed by atoms with van der Waals surface area (Å²) in [5, 5.41) is 3.36. The zero-order valence-corrected chi connectivity index (χ0v) is 12.6. The molecule has 0 aliphatic heterocycles. The molecule has 1 aromatic rings. The van der Waals surface area contributed by atoms with Crippen molar-refractivity contribution < 1.29 is 8.42 Å². The predicted molar refractivity (Wildman–Crippen MR) is 75.4 cm³/mol. The van der Waals surface area contributed by atoms with Gasteiger partial charge in [-0.2, -0.15) is 4.31 Å². The van der Waals surface area contributed by atoms with Crippen LogP contribution in [0.15, 0.2) is 17.2 Å². The molecule has 0 radical (unpaired) electrons. The fourth-order valence-corrected chi connectivity index (χ4v) is 3.82. The molecule has 2 rings (SSSR count). The molecule has 5 nitrogen and oxygen atoms in total. The minimum Gasteiger partial charge on any atom is -0.363 e. The van der Waals surface area contributed by atoms with E-state index in [1.165, 1.54) is 17.1 Å². The second-order valence-corrected chi connectivity index (χ2v) is 7.21. The van der Waals surface area contributed by atoms with Gasteiger partial charge < -0.3 is 10.3 Å². The molecule has 0 atom stereocenters. The lowest BCUT2D eigenvalue weighted by Gasteiger charge is -2.23. The van der Waals surface area contributed by atoms with Gasteiger partial charge in [-0.25, -0.2) is 8.42 Å². The van der Waals surface area contributed by atoms with E-state index >= 15 is 0 Å². The number of H-pyrrole nitrogens is 1. The zero-order chi connectivity index (χ0) is 14.0. The lowest BCUT2D eigenvalue weighted by Crippen LogP contribution is -2.36. The molecular formula is C13H23N3O2S. The van der Waals surface area contributed by atoms with Gasteiger partial charge in [0.2, 0.25) is 10.0 Å². The first-order valence-electron chi connectivity index (χ1n) is 6.87. The lowest BCUT2D eigenvalue weighted by molar-refractivity contribution is 0.369. The first-order valence-corrected chi connectivity index (χ1v) is 8.31. The van der Waals surface area contributed by atoms with Crippen LogP contribution in [0.3, 0.4) is 0 Å². The third-order valence-corrected chi connectivity index (χ3v) is 5.50. The van der Waals surface area contributed by atoms with Crippen LogP contribution in [0.5, 0.6) is 0 Å². The predicted octanol–water partition coefficient (Wildman–Crippen LogP) is 1.69. The fraction of sp³-hybridized carbons (Fsp3) is 0.692. The van der Waals surface area contributed by atoms with Crippen molar-refractivity contribution in [3.05, 3.63) is 18.0 Å². The van der Waals surface area contributed by atoms with Gasteiger partial charge in [0.05, 0.1) is 4.90 Å². The van der Waals surface area contributed by atoms with E-state index in [0.29, 0.717) is 24.0 Å². The highest BCUT2D eigenvalue weighted by Gasteiger charge is 2.26. The number of hydrogen-bond donors (Lipinski definition) is 2. The Labute approximate surface area is 115 Å². The molecular weight excluding hydrogens is 262 g/mol. The lowest BCUT2D eigenvalue weighted by atomic mass is 10.4. The van der Waals surface area contributed by atoms with Crippen LogP contribution in [0.25, 0.3) is 0 Å². The molecule has 2 N–H and O–H groups in total. The van der Waals surface area contributed by atoms with Crippen molar-refractivity contribution in [1.82, 2.24) is 14.6 Å². The summed E-state index contributed by atoms with van der Waals surface area (Å²) in [4.78, 5) is 3.40. The van der Waals surface area contributed by atoms with E-state index in [4.69, 9.17) is 0 Å². The first-order chi connectivity index (χ1) is 8.95. The van der Waals surface area contributed by atoms with Gasteiger partial charge in [0, 0.05) is 37.1 Å². The van der Waals surface area contributed by atoms with E-state index in [0.717, 1.165) is 5.69 Å². The maximum absolute atomic E-state index is 12.5. The number of rotatable bonds is 7. The van der Waals surface area contributed by atoms with Crippen LogP contribution in [-0.4, -0.2) is 36.3 Å². The molecule has 1 heterocycles. The maximum atomic E-state index is 12.5. The number of sulfonamides is 1. The fourth-order valence-electron chi connectivity index (χ4n) is 2.16. The normalized spacial score (nSPS) is 16.5. The standard InChI is InChI=1S/C13H23N3O2S/c1-4-16(10(2)3)19(17,18)13-7-12(15-9-13)8-14-11-5-6-11/h7,9-11,14-15H,4-6,8H2,1-3H3. The average molecular weight is 285 g/mol. The van der Waals surface area contributed by atoms with E-state index < -0.39 is 10.0 Å². The topological polar surface area (TPSA) is 65.2 Å². The summed E-state index contributed by atoms with van der Waals surface area (Å²) in [6.07, 6.45) is 4.04. The average Bonchev–Trinajstić information content (AvgIpc) is 3.03. The van der Waals surface area contributed by atoms with Gasteiger partial charge in [0.25, 0.3) is 0 Å². The highest BCUT2D eigenvalue weighted by atomic mass is 32.2. The van der Waals surface area contributed by atoms with Crippen LogP contribution in [0.4, 0.5) is 0 Å². The van der Waals surface area contributed by atoms with Gasteiger partial charge in [-0.15, -0.1) is 0 Å². The highest BCUT2D eigenvalue weighted by molar-refractivity contribution is 7.89. The van der Waals surface area contributed by atoms with Crippen molar-refractivity contribution in [2.75, 3.05) is 6.54 Å². The van der Waals surface area contributed by atoms with Gasteiger partial charge in [-0.1, -0.05) is 6.92 Å². The van der Waals surface area contributed by atoms with Crippen molar-refractivity contribution in [1.29, 1.82) is 0 Å². The minimum atomic E-state index is -3.38. The van der Waals surface area contributed by atoms with E-state index in [-0.39, 0.29) is 6.04 Å². The van der Waals surface area contributed by atoms with E-state index in [1.54, 1.807) is 12.3 Å². The maximum Gasteiger partial charge on any atom is 0.244 e. The Hall–Kier alpha value is -0.850. The quantitative estimate of drug-likeness (QED) is 0.801. The minimum absolute atomic E-state index is 0.0297. The molecule has 1 aliphatic carbocycles. The third-order valence-electron chi connectivity index (χ3n) is 3.37. The van der Waals surface area contributed by atoms with Crippen LogP contribution in [0.1, 0.15) is 39.3 Å². The molecule has 1 aromatic heterocycles. The Bertz CT molecular complexity index is 518. The number of nitrogens with one attached hydrogen (secondary N) is 2. The van der Waals surface area contributed by atoms with E-state index in [9.17, 15) is 8.42 Å². The van der Waals surface area contributed by atoms with Crippen molar-refractivity contribution in [3.63, 3.8) is 0 Å². The van der Waals surface area contributed by atoms with Gasteiger partial charge >= 0.3 is 0 Å². The summed E-state index contributed by atoms with van der Waals surface area (Å²) >= 11 is 0. The van der Waals surface area contributed by atoms with Crippen molar-refractivity contribution in [2.24, 2.45) is 0 Å². The summed E-state index contributed by atoms with van der Waals surface area (Å²) in [6, 6.07) is 2.32. The first kappa shape index (κ1) is 14.6. The number of aromatic nitrogens is 1. The van der Waals surface area contributed by atoms with Crippen molar-refractivity contribution >= 4 is 10.0 Å². The molecule has 0 aromatic carbocycles. The molecule has 0 amide bonds. The Balaban J connectivity index is 2.10.